The lowest BCUT2D eigenvalue weighted by Gasteiger charge is -2.57. The number of nitrogens with zero attached hydrogens (tertiary/aromatic N) is 3. The number of H-pyrrole nitrogens is 1. The van der Waals surface area contributed by atoms with E-state index in [0.29, 0.717) is 17.0 Å². The van der Waals surface area contributed by atoms with Crippen LogP contribution in [0.4, 0.5) is 0 Å². The lowest BCUT2D eigenvalue weighted by Crippen LogP contribution is -2.55. The van der Waals surface area contributed by atoms with Crippen molar-refractivity contribution in [1.29, 1.82) is 0 Å². The molecule has 2 aliphatic carbocycles. The smallest absolute Gasteiger partial charge is 0.272 e. The van der Waals surface area contributed by atoms with Crippen molar-refractivity contribution >= 4 is 22.3 Å². The molecular formula is C24H23N5O2. The van der Waals surface area contributed by atoms with E-state index in [1.54, 1.807) is 6.20 Å². The van der Waals surface area contributed by atoms with Gasteiger partial charge in [-0.05, 0) is 61.8 Å². The highest BCUT2D eigenvalue weighted by Gasteiger charge is 2.54. The highest BCUT2D eigenvalue weighted by molar-refractivity contribution is 5.93. The summed E-state index contributed by atoms with van der Waals surface area (Å²) in [5.41, 5.74) is 3.63. The molecule has 0 bridgehead atoms. The maximum Gasteiger partial charge on any atom is 0.272 e. The maximum absolute atomic E-state index is 12.8. The first-order valence-electron chi connectivity index (χ1n) is 10.7. The molecule has 3 aromatic heterocycles. The van der Waals surface area contributed by atoms with Gasteiger partial charge in [-0.1, -0.05) is 18.2 Å². The fraction of sp³-hybridized carbons (Fsp3) is 0.333. The second-order valence-corrected chi connectivity index (χ2v) is 9.24. The number of hydrogen-bond acceptors (Lipinski definition) is 4. The summed E-state index contributed by atoms with van der Waals surface area (Å²) in [5, 5.41) is 11.9. The number of rotatable bonds is 3. The predicted octanol–water partition coefficient (Wildman–Crippen LogP) is 3.34. The summed E-state index contributed by atoms with van der Waals surface area (Å²) in [6, 6.07) is 11.8. The van der Waals surface area contributed by atoms with Crippen LogP contribution in [0.25, 0.3) is 16.4 Å². The normalized spacial score (nSPS) is 24.8. The Morgan fingerprint density at radius 3 is 2.74 bits per heavy atom. The van der Waals surface area contributed by atoms with Crippen LogP contribution in [0.15, 0.2) is 53.6 Å². The largest absolute Gasteiger partial charge is 0.348 e. The van der Waals surface area contributed by atoms with Crippen molar-refractivity contribution in [2.75, 3.05) is 0 Å². The molecule has 6 rings (SSSR count). The van der Waals surface area contributed by atoms with E-state index in [1.165, 1.54) is 0 Å². The third-order valence-corrected chi connectivity index (χ3v) is 7.07. The van der Waals surface area contributed by atoms with Crippen LogP contribution in [0.2, 0.25) is 0 Å². The van der Waals surface area contributed by atoms with Gasteiger partial charge in [-0.15, -0.1) is 0 Å². The van der Waals surface area contributed by atoms with E-state index < -0.39 is 0 Å². The third-order valence-electron chi connectivity index (χ3n) is 7.07. The van der Waals surface area contributed by atoms with E-state index in [0.717, 1.165) is 48.0 Å². The minimum Gasteiger partial charge on any atom is -0.348 e. The van der Waals surface area contributed by atoms with Crippen molar-refractivity contribution in [3.8, 4) is 0 Å². The monoisotopic (exact) mass is 413 g/mol. The highest BCUT2D eigenvalue weighted by atomic mass is 16.2. The van der Waals surface area contributed by atoms with Gasteiger partial charge in [-0.3, -0.25) is 14.0 Å². The lowest BCUT2D eigenvalue weighted by molar-refractivity contribution is -0.0197. The first kappa shape index (κ1) is 18.3. The summed E-state index contributed by atoms with van der Waals surface area (Å²) in [4.78, 5) is 29.2. The van der Waals surface area contributed by atoms with Gasteiger partial charge in [0.1, 0.15) is 11.3 Å². The number of pyridine rings is 1. The molecule has 1 aromatic carbocycles. The molecule has 4 aromatic rings. The van der Waals surface area contributed by atoms with Crippen molar-refractivity contribution in [2.45, 2.75) is 44.6 Å². The fourth-order valence-electron chi connectivity index (χ4n) is 5.56. The number of fused-ring (bicyclic) bond motifs is 2. The van der Waals surface area contributed by atoms with Crippen molar-refractivity contribution in [1.82, 2.24) is 24.9 Å². The van der Waals surface area contributed by atoms with Gasteiger partial charge < -0.3 is 5.32 Å². The minimum absolute atomic E-state index is 0.0691. The molecule has 2 N–H and O–H groups in total. The molecular weight excluding hydrogens is 390 g/mol. The Kier molecular flexibility index (Phi) is 3.84. The molecule has 0 radical (unpaired) electrons. The molecule has 1 spiro atoms. The number of hydrogen-bond donors (Lipinski definition) is 2. The van der Waals surface area contributed by atoms with Gasteiger partial charge in [0.25, 0.3) is 11.5 Å². The molecule has 7 nitrogen and oxygen atoms in total. The second-order valence-electron chi connectivity index (χ2n) is 9.24. The van der Waals surface area contributed by atoms with Gasteiger partial charge in [-0.25, -0.2) is 10.1 Å². The molecule has 156 valence electrons. The SMILES string of the molecule is Cc1ccn2c(C(=O)NC3CC4(C3)CC(c3n[nH]c(=O)c5ccccc35)C4)cnc2c1. The Balaban J connectivity index is 1.12. The molecule has 3 heterocycles. The minimum atomic E-state index is -0.137. The number of aromatic amines is 1. The van der Waals surface area contributed by atoms with E-state index >= 15 is 0 Å². The van der Waals surface area contributed by atoms with Crippen LogP contribution in [0, 0.1) is 12.3 Å². The van der Waals surface area contributed by atoms with E-state index in [-0.39, 0.29) is 22.9 Å². The summed E-state index contributed by atoms with van der Waals surface area (Å²) in [7, 11) is 0. The van der Waals surface area contributed by atoms with Gasteiger partial charge >= 0.3 is 0 Å². The van der Waals surface area contributed by atoms with Crippen LogP contribution in [0.5, 0.6) is 0 Å². The molecule has 2 saturated carbocycles. The van der Waals surface area contributed by atoms with Gasteiger partial charge in [0.2, 0.25) is 0 Å². The van der Waals surface area contributed by atoms with Crippen LogP contribution in [-0.2, 0) is 0 Å². The van der Waals surface area contributed by atoms with Gasteiger partial charge in [-0.2, -0.15) is 5.10 Å². The molecule has 7 heteroatoms. The van der Waals surface area contributed by atoms with E-state index in [4.69, 9.17) is 0 Å². The molecule has 2 aliphatic rings. The van der Waals surface area contributed by atoms with Crippen LogP contribution in [-0.4, -0.2) is 31.5 Å². The third kappa shape index (κ3) is 2.87. The number of aromatic nitrogens is 4. The standard InChI is InChI=1S/C24H23N5O2/c1-14-6-7-29-19(13-25-20(29)8-14)23(31)26-16-11-24(12-16)9-15(10-24)21-17-4-2-3-5-18(17)22(30)28-27-21/h2-8,13,15-16H,9-12H2,1H3,(H,26,31)(H,28,30). The molecule has 0 aliphatic heterocycles. The summed E-state index contributed by atoms with van der Waals surface area (Å²) >= 11 is 0. The Labute approximate surface area is 178 Å². The summed E-state index contributed by atoms with van der Waals surface area (Å²) in [5.74, 6) is 0.292. The zero-order chi connectivity index (χ0) is 21.2. The van der Waals surface area contributed by atoms with Crippen molar-refractivity contribution in [2.24, 2.45) is 5.41 Å². The number of aryl methyl sites for hydroxylation is 1. The number of carbonyl (C=O) groups excluding carboxylic acids is 1. The van der Waals surface area contributed by atoms with Crippen molar-refractivity contribution < 1.29 is 4.79 Å². The maximum atomic E-state index is 12.8. The number of nitrogens with one attached hydrogen (secondary N) is 2. The number of carbonyl (C=O) groups is 1. The van der Waals surface area contributed by atoms with Gasteiger partial charge in [0.05, 0.1) is 17.3 Å². The van der Waals surface area contributed by atoms with Crippen LogP contribution < -0.4 is 10.9 Å². The molecule has 0 atom stereocenters. The van der Waals surface area contributed by atoms with Crippen LogP contribution in [0.1, 0.15) is 53.3 Å². The quantitative estimate of drug-likeness (QED) is 0.539. The molecule has 0 saturated heterocycles. The molecule has 31 heavy (non-hydrogen) atoms. The Hall–Kier alpha value is -3.48. The first-order chi connectivity index (χ1) is 15.0. The predicted molar refractivity (Wildman–Crippen MR) is 117 cm³/mol. The highest BCUT2D eigenvalue weighted by Crippen LogP contribution is 2.62. The topological polar surface area (TPSA) is 92.1 Å². The van der Waals surface area contributed by atoms with Crippen molar-refractivity contribution in [3.63, 3.8) is 0 Å². The zero-order valence-corrected chi connectivity index (χ0v) is 17.3. The van der Waals surface area contributed by atoms with E-state index in [9.17, 15) is 9.59 Å². The number of amides is 1. The Morgan fingerprint density at radius 1 is 1.16 bits per heavy atom. The van der Waals surface area contributed by atoms with Crippen LogP contribution >= 0.6 is 0 Å². The van der Waals surface area contributed by atoms with Gasteiger partial charge in [0, 0.05) is 23.5 Å². The lowest BCUT2D eigenvalue weighted by atomic mass is 9.49. The average Bonchev–Trinajstić information content (AvgIpc) is 3.13. The van der Waals surface area contributed by atoms with E-state index in [2.05, 4.69) is 20.5 Å². The zero-order valence-electron chi connectivity index (χ0n) is 17.3. The van der Waals surface area contributed by atoms with Gasteiger partial charge in [0.15, 0.2) is 0 Å². The Morgan fingerprint density at radius 2 is 1.94 bits per heavy atom. The molecule has 0 unspecified atom stereocenters. The average molecular weight is 413 g/mol. The fourth-order valence-corrected chi connectivity index (χ4v) is 5.56. The first-order valence-corrected chi connectivity index (χ1v) is 10.7. The summed E-state index contributed by atoms with van der Waals surface area (Å²) in [6.07, 6.45) is 7.63. The molecule has 1 amide bonds. The molecule has 2 fully saturated rings. The summed E-state index contributed by atoms with van der Waals surface area (Å²) < 4.78 is 1.84. The Bertz CT molecular complexity index is 1390. The number of imidazole rings is 1. The van der Waals surface area contributed by atoms with Crippen molar-refractivity contribution in [3.05, 3.63) is 76.1 Å². The summed E-state index contributed by atoms with van der Waals surface area (Å²) in [6.45, 7) is 2.01. The van der Waals surface area contributed by atoms with E-state index in [1.807, 2.05) is 53.9 Å². The second kappa shape index (κ2) is 6.51. The van der Waals surface area contributed by atoms with Crippen LogP contribution in [0.3, 0.4) is 0 Å². The number of benzene rings is 1.